The highest BCUT2D eigenvalue weighted by atomic mass is 35.5. The minimum atomic E-state index is -0.179. The second-order valence-electron chi connectivity index (χ2n) is 7.26. The summed E-state index contributed by atoms with van der Waals surface area (Å²) < 4.78 is 0. The highest BCUT2D eigenvalue weighted by molar-refractivity contribution is 8.04. The number of para-hydroxylation sites is 1. The monoisotopic (exact) mass is 457 g/mol. The van der Waals surface area contributed by atoms with Crippen molar-refractivity contribution >= 4 is 46.9 Å². The number of anilines is 1. The standard InChI is InChI=1S/C24H28ClN3O2S/c1-3-27(4-2)14-8-13-26-23(29)17-28-20-11-5-6-12-21(20)31-22(24(28)30)16-18-9-7-10-19(25)15-18/h5-7,9-12,15-16H,3-4,8,13-14,17H2,1-2H3,(H,26,29)/b22-16-. The molecule has 3 rings (SSSR count). The number of nitrogens with zero attached hydrogens (tertiary/aromatic N) is 2. The minimum absolute atomic E-state index is 0.00539. The van der Waals surface area contributed by atoms with Gasteiger partial charge in [0.25, 0.3) is 5.91 Å². The van der Waals surface area contributed by atoms with Crippen molar-refractivity contribution in [3.05, 3.63) is 64.0 Å². The predicted molar refractivity (Wildman–Crippen MR) is 129 cm³/mol. The first-order valence-electron chi connectivity index (χ1n) is 10.6. The molecule has 5 nitrogen and oxygen atoms in total. The molecule has 1 aliphatic heterocycles. The van der Waals surface area contributed by atoms with Gasteiger partial charge in [0.05, 0.1) is 10.6 Å². The van der Waals surface area contributed by atoms with Gasteiger partial charge in [-0.25, -0.2) is 0 Å². The zero-order valence-electron chi connectivity index (χ0n) is 17.9. The van der Waals surface area contributed by atoms with E-state index in [0.717, 1.165) is 42.2 Å². The Morgan fingerprint density at radius 2 is 1.94 bits per heavy atom. The summed E-state index contributed by atoms with van der Waals surface area (Å²) in [5.41, 5.74) is 1.61. The van der Waals surface area contributed by atoms with Crippen molar-refractivity contribution in [2.45, 2.75) is 25.2 Å². The fourth-order valence-corrected chi connectivity index (χ4v) is 4.69. The fourth-order valence-electron chi connectivity index (χ4n) is 3.44. The highest BCUT2D eigenvalue weighted by Crippen LogP contribution is 2.41. The largest absolute Gasteiger partial charge is 0.355 e. The maximum Gasteiger partial charge on any atom is 0.265 e. The SMILES string of the molecule is CCN(CC)CCCNC(=O)CN1C(=O)/C(=C/c2cccc(Cl)c2)Sc2ccccc21. The van der Waals surface area contributed by atoms with E-state index in [0.29, 0.717) is 16.5 Å². The fraction of sp³-hybridized carbons (Fsp3) is 0.333. The molecule has 0 aromatic heterocycles. The van der Waals surface area contributed by atoms with Crippen LogP contribution in [0.25, 0.3) is 6.08 Å². The van der Waals surface area contributed by atoms with Crippen molar-refractivity contribution in [2.24, 2.45) is 0 Å². The van der Waals surface area contributed by atoms with Crippen LogP contribution in [0, 0.1) is 0 Å². The molecule has 164 valence electrons. The van der Waals surface area contributed by atoms with E-state index in [1.165, 1.54) is 11.8 Å². The summed E-state index contributed by atoms with van der Waals surface area (Å²) in [5, 5.41) is 3.57. The Bertz CT molecular complexity index is 959. The molecule has 0 atom stereocenters. The molecule has 2 aromatic rings. The Morgan fingerprint density at radius 3 is 2.68 bits per heavy atom. The molecule has 0 bridgehead atoms. The quantitative estimate of drug-likeness (QED) is 0.439. The number of hydrogen-bond acceptors (Lipinski definition) is 4. The average Bonchev–Trinajstić information content (AvgIpc) is 2.77. The Hall–Kier alpha value is -2.28. The van der Waals surface area contributed by atoms with Crippen LogP contribution in [0.2, 0.25) is 5.02 Å². The third kappa shape index (κ3) is 6.35. The van der Waals surface area contributed by atoms with Gasteiger partial charge in [0, 0.05) is 16.5 Å². The Labute approximate surface area is 193 Å². The lowest BCUT2D eigenvalue weighted by Gasteiger charge is -2.30. The zero-order chi connectivity index (χ0) is 22.2. The van der Waals surface area contributed by atoms with Crippen molar-refractivity contribution < 1.29 is 9.59 Å². The zero-order valence-corrected chi connectivity index (χ0v) is 19.5. The van der Waals surface area contributed by atoms with Crippen LogP contribution >= 0.6 is 23.4 Å². The lowest BCUT2D eigenvalue weighted by Crippen LogP contribution is -2.43. The van der Waals surface area contributed by atoms with Gasteiger partial charge in [0.15, 0.2) is 0 Å². The molecule has 0 saturated carbocycles. The van der Waals surface area contributed by atoms with E-state index in [9.17, 15) is 9.59 Å². The van der Waals surface area contributed by atoms with Gasteiger partial charge >= 0.3 is 0 Å². The number of nitrogens with one attached hydrogen (secondary N) is 1. The van der Waals surface area contributed by atoms with Crippen LogP contribution in [0.3, 0.4) is 0 Å². The Kier molecular flexibility index (Phi) is 8.58. The van der Waals surface area contributed by atoms with Gasteiger partial charge in [-0.05, 0) is 62.0 Å². The lowest BCUT2D eigenvalue weighted by molar-refractivity contribution is -0.122. The normalized spacial score (nSPS) is 14.8. The van der Waals surface area contributed by atoms with Crippen molar-refractivity contribution in [1.82, 2.24) is 10.2 Å². The maximum atomic E-state index is 13.2. The number of hydrogen-bond donors (Lipinski definition) is 1. The van der Waals surface area contributed by atoms with Gasteiger partial charge in [0.2, 0.25) is 5.91 Å². The van der Waals surface area contributed by atoms with Gasteiger partial charge in [-0.15, -0.1) is 0 Å². The molecule has 1 heterocycles. The number of thioether (sulfide) groups is 1. The minimum Gasteiger partial charge on any atom is -0.355 e. The molecule has 1 N–H and O–H groups in total. The molecule has 0 saturated heterocycles. The first-order valence-corrected chi connectivity index (χ1v) is 11.8. The molecule has 2 aromatic carbocycles. The number of halogens is 1. The number of carbonyl (C=O) groups excluding carboxylic acids is 2. The first kappa shape index (κ1) is 23.4. The molecular weight excluding hydrogens is 430 g/mol. The molecule has 1 aliphatic rings. The van der Waals surface area contributed by atoms with Crippen molar-refractivity contribution in [3.63, 3.8) is 0 Å². The summed E-state index contributed by atoms with van der Waals surface area (Å²) in [6.07, 6.45) is 2.71. The summed E-state index contributed by atoms with van der Waals surface area (Å²) in [4.78, 5) is 31.2. The Morgan fingerprint density at radius 1 is 1.16 bits per heavy atom. The maximum absolute atomic E-state index is 13.2. The molecule has 0 spiro atoms. The van der Waals surface area contributed by atoms with E-state index in [2.05, 4.69) is 24.1 Å². The molecule has 31 heavy (non-hydrogen) atoms. The van der Waals surface area contributed by atoms with E-state index >= 15 is 0 Å². The number of carbonyl (C=O) groups is 2. The molecule has 0 unspecified atom stereocenters. The van der Waals surface area contributed by atoms with Crippen molar-refractivity contribution in [3.8, 4) is 0 Å². The third-order valence-electron chi connectivity index (χ3n) is 5.15. The molecule has 0 aliphatic carbocycles. The van der Waals surface area contributed by atoms with Crippen LogP contribution in [0.5, 0.6) is 0 Å². The Balaban J connectivity index is 1.71. The summed E-state index contributed by atoms with van der Waals surface area (Å²) in [6, 6.07) is 15.0. The topological polar surface area (TPSA) is 52.7 Å². The van der Waals surface area contributed by atoms with E-state index in [1.54, 1.807) is 11.0 Å². The van der Waals surface area contributed by atoms with Gasteiger partial charge in [-0.1, -0.05) is 61.5 Å². The second kappa shape index (κ2) is 11.4. The number of amides is 2. The predicted octanol–water partition coefficient (Wildman–Crippen LogP) is 4.67. The van der Waals surface area contributed by atoms with Crippen LogP contribution in [-0.2, 0) is 9.59 Å². The average molecular weight is 458 g/mol. The molecular formula is C24H28ClN3O2S. The van der Waals surface area contributed by atoms with Crippen molar-refractivity contribution in [2.75, 3.05) is 37.6 Å². The molecule has 0 radical (unpaired) electrons. The first-order chi connectivity index (χ1) is 15.0. The molecule has 7 heteroatoms. The highest BCUT2D eigenvalue weighted by Gasteiger charge is 2.30. The third-order valence-corrected chi connectivity index (χ3v) is 6.46. The van der Waals surface area contributed by atoms with E-state index in [-0.39, 0.29) is 18.4 Å². The van der Waals surface area contributed by atoms with E-state index in [1.807, 2.05) is 48.5 Å². The van der Waals surface area contributed by atoms with Crippen molar-refractivity contribution in [1.29, 1.82) is 0 Å². The van der Waals surface area contributed by atoms with Crippen LogP contribution in [0.15, 0.2) is 58.3 Å². The molecule has 0 fully saturated rings. The van der Waals surface area contributed by atoms with Crippen LogP contribution in [-0.4, -0.2) is 49.4 Å². The van der Waals surface area contributed by atoms with Crippen LogP contribution in [0.1, 0.15) is 25.8 Å². The van der Waals surface area contributed by atoms with E-state index in [4.69, 9.17) is 11.6 Å². The summed E-state index contributed by atoms with van der Waals surface area (Å²) >= 11 is 7.50. The lowest BCUT2D eigenvalue weighted by atomic mass is 10.2. The second-order valence-corrected chi connectivity index (χ2v) is 8.78. The van der Waals surface area contributed by atoms with Gasteiger partial charge < -0.3 is 10.2 Å². The van der Waals surface area contributed by atoms with Crippen LogP contribution in [0.4, 0.5) is 5.69 Å². The van der Waals surface area contributed by atoms with Crippen LogP contribution < -0.4 is 10.2 Å². The summed E-state index contributed by atoms with van der Waals surface area (Å²) in [5.74, 6) is -0.335. The summed E-state index contributed by atoms with van der Waals surface area (Å²) in [6.45, 7) is 7.81. The number of rotatable bonds is 9. The number of benzene rings is 2. The number of fused-ring (bicyclic) bond motifs is 1. The summed E-state index contributed by atoms with van der Waals surface area (Å²) in [7, 11) is 0. The van der Waals surface area contributed by atoms with E-state index < -0.39 is 0 Å². The van der Waals surface area contributed by atoms with Gasteiger partial charge in [-0.2, -0.15) is 0 Å². The van der Waals surface area contributed by atoms with Gasteiger partial charge in [-0.3, -0.25) is 14.5 Å². The van der Waals surface area contributed by atoms with Gasteiger partial charge in [0.1, 0.15) is 6.54 Å². The smallest absolute Gasteiger partial charge is 0.265 e. The molecule has 2 amide bonds.